The van der Waals surface area contributed by atoms with E-state index in [0.29, 0.717) is 25.8 Å². The first-order valence-electron chi connectivity index (χ1n) is 12.0. The van der Waals surface area contributed by atoms with Crippen LogP contribution in [0.2, 0.25) is 0 Å². The molecule has 2 aromatic rings. The summed E-state index contributed by atoms with van der Waals surface area (Å²) in [5.74, 6) is -1.27. The van der Waals surface area contributed by atoms with Gasteiger partial charge < -0.3 is 24.8 Å². The third-order valence-electron chi connectivity index (χ3n) is 7.35. The van der Waals surface area contributed by atoms with Crippen molar-refractivity contribution in [3.8, 4) is 11.1 Å². The first-order chi connectivity index (χ1) is 16.9. The Kier molecular flexibility index (Phi) is 7.40. The molecule has 0 bridgehead atoms. The van der Waals surface area contributed by atoms with Gasteiger partial charge in [-0.1, -0.05) is 55.5 Å². The van der Waals surface area contributed by atoms with Gasteiger partial charge in [-0.05, 0) is 41.5 Å². The summed E-state index contributed by atoms with van der Waals surface area (Å²) in [7, 11) is 1.40. The van der Waals surface area contributed by atoms with Crippen molar-refractivity contribution in [3.05, 3.63) is 59.7 Å². The normalized spacial score (nSPS) is 20.0. The number of hydrogen-bond acceptors (Lipinski definition) is 5. The number of carboxylic acid groups (broad SMARTS) is 1. The number of carboxylic acids is 1. The SMILES string of the molecule is CCC1(C(=O)O)CCCN(C(=O)C(CNC(=O)OCC2c3ccccc3-c3ccccc32)OC)C1. The Morgan fingerprint density at radius 3 is 2.31 bits per heavy atom. The van der Waals surface area contributed by atoms with Gasteiger partial charge in [-0.15, -0.1) is 0 Å². The summed E-state index contributed by atoms with van der Waals surface area (Å²) in [6.07, 6.45) is 0.0491. The molecule has 0 saturated carbocycles. The van der Waals surface area contributed by atoms with Crippen LogP contribution in [-0.4, -0.2) is 67.4 Å². The predicted molar refractivity (Wildman–Crippen MR) is 130 cm³/mol. The van der Waals surface area contributed by atoms with Crippen molar-refractivity contribution in [2.75, 3.05) is 33.4 Å². The number of carbonyl (C=O) groups excluding carboxylic acids is 2. The molecule has 2 atom stereocenters. The maximum Gasteiger partial charge on any atom is 0.407 e. The van der Waals surface area contributed by atoms with Crippen molar-refractivity contribution in [2.24, 2.45) is 5.41 Å². The number of rotatable bonds is 8. The Morgan fingerprint density at radius 2 is 1.74 bits per heavy atom. The Labute approximate surface area is 205 Å². The van der Waals surface area contributed by atoms with Crippen LogP contribution in [0.15, 0.2) is 48.5 Å². The smallest absolute Gasteiger partial charge is 0.407 e. The quantitative estimate of drug-likeness (QED) is 0.598. The minimum Gasteiger partial charge on any atom is -0.481 e. The largest absolute Gasteiger partial charge is 0.481 e. The topological polar surface area (TPSA) is 105 Å². The molecule has 0 radical (unpaired) electrons. The summed E-state index contributed by atoms with van der Waals surface area (Å²) in [5.41, 5.74) is 3.59. The number of alkyl carbamates (subject to hydrolysis) is 1. The van der Waals surface area contributed by atoms with E-state index in [1.165, 1.54) is 12.0 Å². The monoisotopic (exact) mass is 480 g/mol. The predicted octanol–water partition coefficient (Wildman–Crippen LogP) is 3.64. The summed E-state index contributed by atoms with van der Waals surface area (Å²) >= 11 is 0. The standard InChI is InChI=1S/C27H32N2O6/c1-3-27(25(31)32)13-8-14-29(17-27)24(30)23(34-2)15-28-26(33)35-16-22-20-11-6-4-9-18(20)19-10-5-7-12-21(19)22/h4-7,9-12,22-23H,3,8,13-17H2,1-2H3,(H,28,33)(H,31,32). The van der Waals surface area contributed by atoms with E-state index in [1.807, 2.05) is 43.3 Å². The number of nitrogens with one attached hydrogen (secondary N) is 1. The fourth-order valence-electron chi connectivity index (χ4n) is 5.23. The molecule has 4 rings (SSSR count). The van der Waals surface area contributed by atoms with E-state index in [0.717, 1.165) is 22.3 Å². The van der Waals surface area contributed by atoms with Gasteiger partial charge in [-0.2, -0.15) is 0 Å². The van der Waals surface area contributed by atoms with Crippen molar-refractivity contribution in [2.45, 2.75) is 38.2 Å². The maximum absolute atomic E-state index is 13.0. The van der Waals surface area contributed by atoms with Gasteiger partial charge >= 0.3 is 12.1 Å². The molecule has 1 fully saturated rings. The molecule has 186 valence electrons. The van der Waals surface area contributed by atoms with E-state index >= 15 is 0 Å². The van der Waals surface area contributed by atoms with Crippen LogP contribution in [0.1, 0.15) is 43.2 Å². The molecular formula is C27H32N2O6. The van der Waals surface area contributed by atoms with E-state index in [9.17, 15) is 19.5 Å². The molecule has 8 heteroatoms. The average Bonchev–Trinajstić information content (AvgIpc) is 3.21. The number of fused-ring (bicyclic) bond motifs is 3. The molecule has 35 heavy (non-hydrogen) atoms. The van der Waals surface area contributed by atoms with E-state index in [1.54, 1.807) is 0 Å². The second kappa shape index (κ2) is 10.5. The molecule has 8 nitrogen and oxygen atoms in total. The first kappa shape index (κ1) is 24.7. The first-order valence-corrected chi connectivity index (χ1v) is 12.0. The van der Waals surface area contributed by atoms with Crippen LogP contribution in [0.3, 0.4) is 0 Å². The molecule has 2 aliphatic rings. The fourth-order valence-corrected chi connectivity index (χ4v) is 5.23. The minimum atomic E-state index is -0.938. The number of aliphatic carboxylic acids is 1. The van der Waals surface area contributed by atoms with Crippen LogP contribution >= 0.6 is 0 Å². The van der Waals surface area contributed by atoms with Gasteiger partial charge in [0, 0.05) is 26.1 Å². The lowest BCUT2D eigenvalue weighted by Crippen LogP contribution is -2.54. The van der Waals surface area contributed by atoms with E-state index in [4.69, 9.17) is 9.47 Å². The number of carbonyl (C=O) groups is 3. The number of likely N-dealkylation sites (tertiary alicyclic amines) is 1. The van der Waals surface area contributed by atoms with E-state index in [-0.39, 0.29) is 31.5 Å². The fraction of sp³-hybridized carbons (Fsp3) is 0.444. The Balaban J connectivity index is 1.33. The van der Waals surface area contributed by atoms with Gasteiger partial charge in [0.1, 0.15) is 6.61 Å². The number of methoxy groups -OCH3 is 1. The lowest BCUT2D eigenvalue weighted by Gasteiger charge is -2.40. The summed E-state index contributed by atoms with van der Waals surface area (Å²) in [4.78, 5) is 38.9. The summed E-state index contributed by atoms with van der Waals surface area (Å²) in [5, 5.41) is 12.3. The zero-order valence-electron chi connectivity index (χ0n) is 20.2. The summed E-state index contributed by atoms with van der Waals surface area (Å²) in [6.45, 7) is 2.56. The van der Waals surface area contributed by atoms with Gasteiger partial charge in [0.25, 0.3) is 5.91 Å². The van der Waals surface area contributed by atoms with Crippen molar-refractivity contribution < 1.29 is 29.0 Å². The molecule has 1 aliphatic carbocycles. The molecule has 1 heterocycles. The summed E-state index contributed by atoms with van der Waals surface area (Å²) < 4.78 is 10.9. The number of nitrogens with zero attached hydrogens (tertiary/aromatic N) is 1. The van der Waals surface area contributed by atoms with Gasteiger partial charge in [0.15, 0.2) is 6.10 Å². The lowest BCUT2D eigenvalue weighted by molar-refractivity contribution is -0.157. The van der Waals surface area contributed by atoms with Crippen LogP contribution in [-0.2, 0) is 19.1 Å². The molecule has 2 aromatic carbocycles. The number of piperidine rings is 1. The Bertz CT molecular complexity index is 1060. The van der Waals surface area contributed by atoms with E-state index < -0.39 is 23.6 Å². The number of amides is 2. The zero-order valence-corrected chi connectivity index (χ0v) is 20.2. The van der Waals surface area contributed by atoms with Crippen LogP contribution in [0.4, 0.5) is 4.79 Å². The molecule has 2 amide bonds. The highest BCUT2D eigenvalue weighted by atomic mass is 16.5. The zero-order chi connectivity index (χ0) is 25.0. The van der Waals surface area contributed by atoms with Gasteiger partial charge in [-0.3, -0.25) is 9.59 Å². The maximum atomic E-state index is 13.0. The van der Waals surface area contributed by atoms with Gasteiger partial charge in [0.2, 0.25) is 0 Å². The lowest BCUT2D eigenvalue weighted by atomic mass is 9.77. The second-order valence-electron chi connectivity index (χ2n) is 9.23. The number of hydrogen-bond donors (Lipinski definition) is 2. The molecule has 1 saturated heterocycles. The molecule has 0 aromatic heterocycles. The average molecular weight is 481 g/mol. The Hall–Kier alpha value is -3.39. The van der Waals surface area contributed by atoms with Crippen molar-refractivity contribution in [1.29, 1.82) is 0 Å². The van der Waals surface area contributed by atoms with Crippen LogP contribution < -0.4 is 5.32 Å². The van der Waals surface area contributed by atoms with Crippen molar-refractivity contribution in [1.82, 2.24) is 10.2 Å². The van der Waals surface area contributed by atoms with Crippen LogP contribution in [0, 0.1) is 5.41 Å². The molecule has 1 aliphatic heterocycles. The highest BCUT2D eigenvalue weighted by Crippen LogP contribution is 2.44. The number of benzene rings is 2. The van der Waals surface area contributed by atoms with Crippen molar-refractivity contribution in [3.63, 3.8) is 0 Å². The minimum absolute atomic E-state index is 0.0560. The van der Waals surface area contributed by atoms with Crippen LogP contribution in [0.5, 0.6) is 0 Å². The molecule has 2 N–H and O–H groups in total. The molecule has 2 unspecified atom stereocenters. The third kappa shape index (κ3) is 4.89. The highest BCUT2D eigenvalue weighted by molar-refractivity contribution is 5.84. The highest BCUT2D eigenvalue weighted by Gasteiger charge is 2.43. The van der Waals surface area contributed by atoms with Crippen molar-refractivity contribution >= 4 is 18.0 Å². The molecular weight excluding hydrogens is 448 g/mol. The number of ether oxygens (including phenoxy) is 2. The summed E-state index contributed by atoms with van der Waals surface area (Å²) in [6, 6.07) is 16.2. The second-order valence-corrected chi connectivity index (χ2v) is 9.23. The Morgan fingerprint density at radius 1 is 1.11 bits per heavy atom. The molecule has 0 spiro atoms. The van der Waals surface area contributed by atoms with E-state index in [2.05, 4.69) is 17.4 Å². The van der Waals surface area contributed by atoms with Crippen LogP contribution in [0.25, 0.3) is 11.1 Å². The van der Waals surface area contributed by atoms with Gasteiger partial charge in [-0.25, -0.2) is 4.79 Å². The third-order valence-corrected chi connectivity index (χ3v) is 7.35. The van der Waals surface area contributed by atoms with Gasteiger partial charge in [0.05, 0.1) is 12.0 Å².